The predicted molar refractivity (Wildman–Crippen MR) is 164 cm³/mol. The first kappa shape index (κ1) is 29.1. The summed E-state index contributed by atoms with van der Waals surface area (Å²) in [5, 5.41) is 9.73. The summed E-state index contributed by atoms with van der Waals surface area (Å²) in [6, 6.07) is 19.5. The van der Waals surface area contributed by atoms with E-state index in [4.69, 9.17) is 4.98 Å². The molecule has 0 spiro atoms. The number of carboxylic acid groups (broad SMARTS) is 1. The van der Waals surface area contributed by atoms with Crippen LogP contribution >= 0.6 is 0 Å². The van der Waals surface area contributed by atoms with E-state index in [2.05, 4.69) is 30.5 Å². The molecule has 0 fully saturated rings. The van der Waals surface area contributed by atoms with E-state index in [1.54, 1.807) is 12.1 Å². The smallest absolute Gasteiger partial charge is 0.336 e. The van der Waals surface area contributed by atoms with Gasteiger partial charge in [0.1, 0.15) is 5.82 Å². The molecule has 0 radical (unpaired) electrons. The van der Waals surface area contributed by atoms with Crippen molar-refractivity contribution >= 4 is 28.6 Å². The summed E-state index contributed by atoms with van der Waals surface area (Å²) >= 11 is 0. The van der Waals surface area contributed by atoms with E-state index in [9.17, 15) is 14.7 Å². The van der Waals surface area contributed by atoms with Gasteiger partial charge in [0.25, 0.3) is 0 Å². The van der Waals surface area contributed by atoms with Gasteiger partial charge in [-0.25, -0.2) is 9.78 Å². The lowest BCUT2D eigenvalue weighted by Crippen LogP contribution is -2.31. The second-order valence-corrected chi connectivity index (χ2v) is 10.5. The zero-order valence-electron chi connectivity index (χ0n) is 24.2. The summed E-state index contributed by atoms with van der Waals surface area (Å²) in [6.07, 6.45) is 7.46. The van der Waals surface area contributed by atoms with Crippen LogP contribution in [0.15, 0.2) is 60.7 Å². The summed E-state index contributed by atoms with van der Waals surface area (Å²) in [7, 11) is 0. The standard InChI is InChI=1S/C34H41N3O3/c1-5-8-12-21-36(33(38)13-7-3)25-18-20-30-31(23-25)37(32(35-30)16-9-6-2)26-17-19-27(24(4)22-26)28-14-10-11-15-29(28)34(39)40/h10-11,14-15,17-20,22-23H,5-9,12-13,16,21H2,1-4H3,(H,39,40). The zero-order chi connectivity index (χ0) is 28.6. The first-order valence-electron chi connectivity index (χ1n) is 14.6. The number of unbranched alkanes of at least 4 members (excludes halogenated alkanes) is 3. The van der Waals surface area contributed by atoms with E-state index < -0.39 is 5.97 Å². The number of hydrogen-bond acceptors (Lipinski definition) is 3. The van der Waals surface area contributed by atoms with Crippen LogP contribution in [0.2, 0.25) is 0 Å². The molecule has 0 aliphatic rings. The number of carbonyl (C=O) groups excluding carboxylic acids is 1. The number of benzene rings is 3. The molecule has 40 heavy (non-hydrogen) atoms. The van der Waals surface area contributed by atoms with Gasteiger partial charge in [0.15, 0.2) is 0 Å². The number of imidazole rings is 1. The van der Waals surface area contributed by atoms with Gasteiger partial charge in [-0.3, -0.25) is 9.36 Å². The number of nitrogens with zero attached hydrogens (tertiary/aromatic N) is 3. The molecule has 6 heteroatoms. The van der Waals surface area contributed by atoms with Crippen LogP contribution in [0.25, 0.3) is 27.8 Å². The fourth-order valence-electron chi connectivity index (χ4n) is 5.33. The van der Waals surface area contributed by atoms with Crippen LogP contribution in [-0.4, -0.2) is 33.1 Å². The molecule has 0 atom stereocenters. The largest absolute Gasteiger partial charge is 0.478 e. The molecule has 4 aromatic rings. The van der Waals surface area contributed by atoms with Crippen molar-refractivity contribution in [3.63, 3.8) is 0 Å². The maximum absolute atomic E-state index is 13.1. The maximum Gasteiger partial charge on any atom is 0.336 e. The van der Waals surface area contributed by atoms with Crippen LogP contribution < -0.4 is 4.90 Å². The minimum absolute atomic E-state index is 0.160. The number of carbonyl (C=O) groups is 2. The highest BCUT2D eigenvalue weighted by atomic mass is 16.4. The van der Waals surface area contributed by atoms with Crippen molar-refractivity contribution in [3.05, 3.63) is 77.6 Å². The van der Waals surface area contributed by atoms with Crippen molar-refractivity contribution in [2.24, 2.45) is 0 Å². The van der Waals surface area contributed by atoms with Crippen molar-refractivity contribution in [1.29, 1.82) is 0 Å². The first-order valence-corrected chi connectivity index (χ1v) is 14.6. The fraction of sp³-hybridized carbons (Fsp3) is 0.382. The third-order valence-corrected chi connectivity index (χ3v) is 7.44. The second-order valence-electron chi connectivity index (χ2n) is 10.5. The van der Waals surface area contributed by atoms with Crippen LogP contribution in [0.3, 0.4) is 0 Å². The van der Waals surface area contributed by atoms with E-state index in [-0.39, 0.29) is 5.91 Å². The van der Waals surface area contributed by atoms with Gasteiger partial charge in [0.05, 0.1) is 16.6 Å². The van der Waals surface area contributed by atoms with Crippen LogP contribution in [-0.2, 0) is 11.2 Å². The molecular formula is C34H41N3O3. The van der Waals surface area contributed by atoms with Crippen molar-refractivity contribution < 1.29 is 14.7 Å². The Morgan fingerprint density at radius 2 is 1.65 bits per heavy atom. The molecule has 0 aliphatic carbocycles. The van der Waals surface area contributed by atoms with Gasteiger partial charge in [0.2, 0.25) is 5.91 Å². The summed E-state index contributed by atoms with van der Waals surface area (Å²) in [4.78, 5) is 32.0. The Morgan fingerprint density at radius 3 is 2.35 bits per heavy atom. The monoisotopic (exact) mass is 539 g/mol. The average Bonchev–Trinajstić information content (AvgIpc) is 3.31. The first-order chi connectivity index (χ1) is 19.4. The number of aromatic carboxylic acids is 1. The molecule has 6 nitrogen and oxygen atoms in total. The lowest BCUT2D eigenvalue weighted by atomic mass is 9.95. The number of rotatable bonds is 13. The number of anilines is 1. The Hall–Kier alpha value is -3.93. The van der Waals surface area contributed by atoms with Gasteiger partial charge >= 0.3 is 5.97 Å². The Balaban J connectivity index is 1.83. The number of fused-ring (bicyclic) bond motifs is 1. The van der Waals surface area contributed by atoms with Gasteiger partial charge in [-0.1, -0.05) is 64.3 Å². The zero-order valence-corrected chi connectivity index (χ0v) is 24.2. The highest BCUT2D eigenvalue weighted by molar-refractivity contribution is 5.97. The molecule has 1 aromatic heterocycles. The lowest BCUT2D eigenvalue weighted by Gasteiger charge is -2.23. The quantitative estimate of drug-likeness (QED) is 0.173. The minimum Gasteiger partial charge on any atom is -0.478 e. The number of carboxylic acids is 1. The van der Waals surface area contributed by atoms with Gasteiger partial charge in [-0.2, -0.15) is 0 Å². The summed E-state index contributed by atoms with van der Waals surface area (Å²) in [5.74, 6) is 0.215. The number of hydrogen-bond donors (Lipinski definition) is 1. The second kappa shape index (κ2) is 13.4. The molecular weight excluding hydrogens is 498 g/mol. The van der Waals surface area contributed by atoms with Crippen molar-refractivity contribution in [2.45, 2.75) is 79.1 Å². The van der Waals surface area contributed by atoms with Crippen LogP contribution in [0.4, 0.5) is 5.69 Å². The Bertz CT molecular complexity index is 1490. The van der Waals surface area contributed by atoms with Crippen molar-refractivity contribution in [3.8, 4) is 16.8 Å². The molecule has 0 saturated heterocycles. The average molecular weight is 540 g/mol. The Morgan fingerprint density at radius 1 is 0.875 bits per heavy atom. The third-order valence-electron chi connectivity index (χ3n) is 7.44. The van der Waals surface area contributed by atoms with Crippen molar-refractivity contribution in [1.82, 2.24) is 9.55 Å². The van der Waals surface area contributed by atoms with Crippen LogP contribution in [0.1, 0.15) is 87.5 Å². The van der Waals surface area contributed by atoms with E-state index in [1.807, 2.05) is 55.1 Å². The van der Waals surface area contributed by atoms with E-state index in [0.717, 1.165) is 84.3 Å². The van der Waals surface area contributed by atoms with Gasteiger partial charge in [-0.15, -0.1) is 0 Å². The third kappa shape index (κ3) is 6.27. The van der Waals surface area contributed by atoms with E-state index in [0.29, 0.717) is 24.1 Å². The maximum atomic E-state index is 13.1. The van der Waals surface area contributed by atoms with E-state index >= 15 is 0 Å². The van der Waals surface area contributed by atoms with Gasteiger partial charge < -0.3 is 10.0 Å². The highest BCUT2D eigenvalue weighted by Crippen LogP contribution is 2.32. The molecule has 4 rings (SSSR count). The van der Waals surface area contributed by atoms with Gasteiger partial charge in [-0.05, 0) is 79.3 Å². The fourth-order valence-corrected chi connectivity index (χ4v) is 5.33. The molecule has 210 valence electrons. The predicted octanol–water partition coefficient (Wildman–Crippen LogP) is 8.37. The minimum atomic E-state index is -0.935. The number of aryl methyl sites for hydroxylation is 2. The molecule has 0 unspecified atom stereocenters. The Labute approximate surface area is 237 Å². The number of aromatic nitrogens is 2. The normalized spacial score (nSPS) is 11.2. The summed E-state index contributed by atoms with van der Waals surface area (Å²) < 4.78 is 2.21. The molecule has 1 N–H and O–H groups in total. The summed E-state index contributed by atoms with van der Waals surface area (Å²) in [5.41, 5.74) is 6.67. The molecule has 0 saturated carbocycles. The lowest BCUT2D eigenvalue weighted by molar-refractivity contribution is -0.118. The van der Waals surface area contributed by atoms with E-state index in [1.165, 1.54) is 0 Å². The van der Waals surface area contributed by atoms with Crippen molar-refractivity contribution in [2.75, 3.05) is 11.4 Å². The molecule has 1 heterocycles. The Kier molecular flexibility index (Phi) is 9.75. The molecule has 0 bridgehead atoms. The van der Waals surface area contributed by atoms with Crippen LogP contribution in [0, 0.1) is 6.92 Å². The van der Waals surface area contributed by atoms with Gasteiger partial charge in [0, 0.05) is 30.8 Å². The van der Waals surface area contributed by atoms with Crippen LogP contribution in [0.5, 0.6) is 0 Å². The topological polar surface area (TPSA) is 75.4 Å². The molecule has 1 amide bonds. The molecule has 3 aromatic carbocycles. The highest BCUT2D eigenvalue weighted by Gasteiger charge is 2.19. The number of amides is 1. The summed E-state index contributed by atoms with van der Waals surface area (Å²) in [6.45, 7) is 9.13. The molecule has 0 aliphatic heterocycles. The SMILES string of the molecule is CCCCCN(C(=O)CCC)c1ccc2nc(CCCC)n(-c3ccc(-c4ccccc4C(=O)O)c(C)c3)c2c1.